The highest BCUT2D eigenvalue weighted by Crippen LogP contribution is 2.56. The van der Waals surface area contributed by atoms with Crippen LogP contribution in [0.2, 0.25) is 0 Å². The van der Waals surface area contributed by atoms with Gasteiger partial charge in [0.2, 0.25) is 0 Å². The number of carboxylic acid groups (broad SMARTS) is 1. The molecule has 2 nitrogen and oxygen atoms in total. The van der Waals surface area contributed by atoms with Crippen LogP contribution in [-0.4, -0.2) is 17.2 Å². The molecule has 0 saturated carbocycles. The number of benzene rings is 3. The van der Waals surface area contributed by atoms with Gasteiger partial charge in [-0.25, -0.2) is 4.79 Å². The van der Waals surface area contributed by atoms with Gasteiger partial charge in [-0.2, -0.15) is 0 Å². The molecule has 0 aliphatic rings. The van der Waals surface area contributed by atoms with Crippen molar-refractivity contribution in [3.8, 4) is 0 Å². The quantitative estimate of drug-likeness (QED) is 0.289. The topological polar surface area (TPSA) is 37.3 Å². The monoisotopic (exact) mass is 506 g/mol. The molecule has 0 atom stereocenters. The Labute approximate surface area is 202 Å². The number of halogens is 1. The van der Waals surface area contributed by atoms with Crippen molar-refractivity contribution < 1.29 is 26.9 Å². The molecule has 0 aromatic heterocycles. The van der Waals surface area contributed by atoms with Gasteiger partial charge in [0, 0.05) is 6.08 Å². The van der Waals surface area contributed by atoms with Crippen LogP contribution in [-0.2, 0) is 4.79 Å². The lowest BCUT2D eigenvalue weighted by atomic mass is 10.2. The van der Waals surface area contributed by atoms with E-state index < -0.39 is 13.2 Å². The van der Waals surface area contributed by atoms with Crippen molar-refractivity contribution in [3.63, 3.8) is 0 Å². The molecule has 0 heterocycles. The van der Waals surface area contributed by atoms with E-state index in [0.29, 0.717) is 5.57 Å². The summed E-state index contributed by atoms with van der Waals surface area (Å²) >= 11 is 0. The lowest BCUT2D eigenvalue weighted by Crippen LogP contribution is -3.00. The highest BCUT2D eigenvalue weighted by Gasteiger charge is 2.45. The predicted molar refractivity (Wildman–Crippen MR) is 134 cm³/mol. The largest absolute Gasteiger partial charge is 1.00 e. The number of rotatable bonds is 8. The van der Waals surface area contributed by atoms with Gasteiger partial charge in [0.1, 0.15) is 23.2 Å². The molecule has 0 aliphatic heterocycles. The Morgan fingerprint density at radius 2 is 1.19 bits per heavy atom. The molecular weight excluding hydrogens is 479 g/mol. The van der Waals surface area contributed by atoms with Crippen LogP contribution in [0.5, 0.6) is 0 Å². The van der Waals surface area contributed by atoms with Crippen molar-refractivity contribution in [1.82, 2.24) is 0 Å². The van der Waals surface area contributed by atoms with Crippen LogP contribution in [0.3, 0.4) is 0 Å². The van der Waals surface area contributed by atoms with Crippen molar-refractivity contribution in [2.45, 2.75) is 13.8 Å². The molecule has 0 bridgehead atoms. The van der Waals surface area contributed by atoms with Gasteiger partial charge < -0.3 is 22.1 Å². The summed E-state index contributed by atoms with van der Waals surface area (Å²) in [7, 11) is -1.91. The third-order valence-corrected chi connectivity index (χ3v) is 9.68. The van der Waals surface area contributed by atoms with Crippen LogP contribution >= 0.6 is 7.26 Å². The molecular formula is C28H28BrO2P. The Balaban J connectivity index is 0.00000363. The first-order chi connectivity index (χ1) is 15.0. The van der Waals surface area contributed by atoms with E-state index in [1.165, 1.54) is 27.6 Å². The molecule has 164 valence electrons. The Hall–Kier alpha value is -2.74. The van der Waals surface area contributed by atoms with Crippen LogP contribution in [0.15, 0.2) is 126 Å². The smallest absolute Gasteiger partial charge is 0.328 e. The molecule has 0 amide bonds. The van der Waals surface area contributed by atoms with Crippen LogP contribution < -0.4 is 32.9 Å². The average Bonchev–Trinajstić information content (AvgIpc) is 2.79. The zero-order valence-electron chi connectivity index (χ0n) is 18.4. The molecule has 3 aromatic carbocycles. The molecule has 3 aromatic rings. The van der Waals surface area contributed by atoms with E-state index in [1.807, 2.05) is 12.2 Å². The van der Waals surface area contributed by atoms with E-state index in [-0.39, 0.29) is 17.0 Å². The summed E-state index contributed by atoms with van der Waals surface area (Å²) < 4.78 is 0. The summed E-state index contributed by atoms with van der Waals surface area (Å²) in [6.45, 7) is 3.95. The number of carbonyl (C=O) groups is 1. The summed E-state index contributed by atoms with van der Waals surface area (Å²) in [6, 6.07) is 32.4. The molecule has 3 rings (SSSR count). The number of aliphatic carboxylic acids is 1. The SMILES string of the molecule is CC(C=CC=C(C)C[P+](c1ccccc1)(c1ccccc1)c1ccccc1)=CC(=O)O.[Br-]. The molecule has 0 spiro atoms. The van der Waals surface area contributed by atoms with E-state index in [0.717, 1.165) is 6.16 Å². The standard InChI is InChI=1S/C28H27O2P.BrH/c1-23(21-28(29)30)13-12-14-24(2)22-31(25-15-6-3-7-16-25,26-17-8-4-9-18-26)27-19-10-5-11-20-27;/h3-21H,22H2,1-2H3;1H. The highest BCUT2D eigenvalue weighted by atomic mass is 79.9. The van der Waals surface area contributed by atoms with Crippen molar-refractivity contribution in [1.29, 1.82) is 0 Å². The maximum absolute atomic E-state index is 10.8. The van der Waals surface area contributed by atoms with Crippen molar-refractivity contribution >= 4 is 29.1 Å². The lowest BCUT2D eigenvalue weighted by molar-refractivity contribution is -0.131. The second-order valence-corrected chi connectivity index (χ2v) is 11.1. The van der Waals surface area contributed by atoms with Gasteiger partial charge in [0.15, 0.2) is 0 Å². The lowest BCUT2D eigenvalue weighted by Gasteiger charge is -2.28. The summed E-state index contributed by atoms with van der Waals surface area (Å²) in [5.41, 5.74) is 1.97. The first-order valence-electron chi connectivity index (χ1n) is 10.3. The van der Waals surface area contributed by atoms with Crippen LogP contribution in [0.25, 0.3) is 0 Å². The van der Waals surface area contributed by atoms with Crippen molar-refractivity contribution in [2.24, 2.45) is 0 Å². The highest BCUT2D eigenvalue weighted by molar-refractivity contribution is 7.95. The average molecular weight is 507 g/mol. The second-order valence-electron chi connectivity index (χ2n) is 7.57. The van der Waals surface area contributed by atoms with Crippen LogP contribution in [0.4, 0.5) is 0 Å². The summed E-state index contributed by atoms with van der Waals surface area (Å²) in [4.78, 5) is 10.8. The Bertz CT molecular complexity index is 991. The fourth-order valence-corrected chi connectivity index (χ4v) is 8.14. The first kappa shape index (κ1) is 25.5. The summed E-state index contributed by atoms with van der Waals surface area (Å²) in [5.74, 6) is -0.926. The Morgan fingerprint density at radius 3 is 1.56 bits per heavy atom. The molecule has 0 radical (unpaired) electrons. The predicted octanol–water partition coefficient (Wildman–Crippen LogP) is 2.52. The molecule has 0 unspecified atom stereocenters. The van der Waals surface area contributed by atoms with Crippen molar-refractivity contribution in [3.05, 3.63) is 126 Å². The summed E-state index contributed by atoms with van der Waals surface area (Å²) in [6.07, 6.45) is 8.01. The van der Waals surface area contributed by atoms with Gasteiger partial charge in [-0.1, -0.05) is 72.8 Å². The van der Waals surface area contributed by atoms with Crippen LogP contribution in [0, 0.1) is 0 Å². The number of allylic oxidation sites excluding steroid dienone is 5. The Morgan fingerprint density at radius 1 is 0.781 bits per heavy atom. The molecule has 4 heteroatoms. The van der Waals surface area contributed by atoms with Gasteiger partial charge in [-0.05, 0) is 61.4 Å². The van der Waals surface area contributed by atoms with Crippen molar-refractivity contribution in [2.75, 3.05) is 6.16 Å². The second kappa shape index (κ2) is 12.3. The first-order valence-corrected chi connectivity index (χ1v) is 12.3. The fraction of sp³-hybridized carbons (Fsp3) is 0.107. The van der Waals surface area contributed by atoms with E-state index in [1.54, 1.807) is 6.92 Å². The minimum Gasteiger partial charge on any atom is -1.00 e. The van der Waals surface area contributed by atoms with Gasteiger partial charge >= 0.3 is 5.97 Å². The molecule has 0 fully saturated rings. The van der Waals surface area contributed by atoms with E-state index >= 15 is 0 Å². The summed E-state index contributed by atoms with van der Waals surface area (Å²) in [5, 5.41) is 13.0. The Kier molecular flexibility index (Phi) is 9.84. The van der Waals surface area contributed by atoms with Gasteiger partial charge in [-0.15, -0.1) is 0 Å². The molecule has 0 aliphatic carbocycles. The number of carboxylic acids is 1. The van der Waals surface area contributed by atoms with Gasteiger partial charge in [-0.3, -0.25) is 0 Å². The van der Waals surface area contributed by atoms with Crippen LogP contribution in [0.1, 0.15) is 13.8 Å². The van der Waals surface area contributed by atoms with E-state index in [2.05, 4.69) is 104 Å². The maximum Gasteiger partial charge on any atom is 0.328 e. The molecule has 1 N–H and O–H groups in total. The zero-order valence-corrected chi connectivity index (χ0v) is 20.8. The van der Waals surface area contributed by atoms with Gasteiger partial charge in [0.05, 0.1) is 6.16 Å². The molecule has 32 heavy (non-hydrogen) atoms. The fourth-order valence-electron chi connectivity index (χ4n) is 3.80. The van der Waals surface area contributed by atoms with Gasteiger partial charge in [0.25, 0.3) is 0 Å². The minimum atomic E-state index is -1.91. The third-order valence-electron chi connectivity index (χ3n) is 5.17. The minimum absolute atomic E-state index is 0. The number of hydrogen-bond donors (Lipinski definition) is 1. The molecule has 0 saturated heterocycles. The third kappa shape index (κ3) is 6.38. The number of hydrogen-bond acceptors (Lipinski definition) is 1. The normalized spacial score (nSPS) is 12.4. The zero-order chi connectivity index (χ0) is 22.1. The maximum atomic E-state index is 10.8. The van der Waals surface area contributed by atoms with E-state index in [4.69, 9.17) is 5.11 Å². The van der Waals surface area contributed by atoms with E-state index in [9.17, 15) is 4.79 Å².